The molecule has 0 aromatic carbocycles. The van der Waals surface area contributed by atoms with Crippen LogP contribution in [0.25, 0.3) is 0 Å². The highest BCUT2D eigenvalue weighted by atomic mass is 35.5. The minimum Gasteiger partial charge on any atom is -0.351 e. The molecule has 0 bridgehead atoms. The molecule has 7 heteroatoms. The first-order chi connectivity index (χ1) is 4.63. The predicted octanol–water partition coefficient (Wildman–Crippen LogP) is -0.902. The van der Waals surface area contributed by atoms with Crippen molar-refractivity contribution >= 4 is 24.5 Å². The summed E-state index contributed by atoms with van der Waals surface area (Å²) in [6.07, 6.45) is 0. The van der Waals surface area contributed by atoms with Crippen LogP contribution in [0, 0.1) is 0 Å². The molecule has 1 saturated heterocycles. The van der Waals surface area contributed by atoms with Crippen LogP contribution in [0.5, 0.6) is 0 Å². The fourth-order valence-corrected chi connectivity index (χ4v) is 0.759. The molecule has 0 atom stereocenters. The van der Waals surface area contributed by atoms with Crippen LogP contribution in [0.2, 0.25) is 0 Å². The van der Waals surface area contributed by atoms with Crippen molar-refractivity contribution in [2.75, 3.05) is 13.1 Å². The summed E-state index contributed by atoms with van der Waals surface area (Å²) in [5, 5.41) is 0.949. The number of urea groups is 2. The van der Waals surface area contributed by atoms with Crippen molar-refractivity contribution in [3.63, 3.8) is 0 Å². The maximum Gasteiger partial charge on any atom is 0.342 e. The number of nitrogens with zero attached hydrogens (tertiary/aromatic N) is 2. The quantitative estimate of drug-likeness (QED) is 0.374. The monoisotopic (exact) mass is 180 g/mol. The van der Waals surface area contributed by atoms with Crippen LogP contribution in [-0.4, -0.2) is 35.1 Å². The molecule has 0 radical (unpaired) electrons. The second kappa shape index (κ2) is 3.40. The zero-order valence-corrected chi connectivity index (χ0v) is 6.50. The van der Waals surface area contributed by atoms with Crippen LogP contribution >= 0.6 is 12.4 Å². The maximum atomic E-state index is 10.8. The van der Waals surface area contributed by atoms with Gasteiger partial charge in [0, 0.05) is 0 Å². The molecular formula is C4H9ClN4O2. The van der Waals surface area contributed by atoms with E-state index in [0.29, 0.717) is 6.54 Å². The topological polar surface area (TPSA) is 92.7 Å². The number of rotatable bonds is 0. The Balaban J connectivity index is 0.000001000. The molecule has 4 N–H and O–H groups in total. The number of hydrogen-bond acceptors (Lipinski definition) is 3. The number of carbonyl (C=O) groups excluding carboxylic acids is 2. The van der Waals surface area contributed by atoms with E-state index in [-0.39, 0.29) is 19.0 Å². The van der Waals surface area contributed by atoms with Gasteiger partial charge in [-0.2, -0.15) is 0 Å². The van der Waals surface area contributed by atoms with E-state index in [2.05, 4.69) is 0 Å². The van der Waals surface area contributed by atoms with Crippen molar-refractivity contribution < 1.29 is 9.59 Å². The van der Waals surface area contributed by atoms with Crippen LogP contribution in [0.4, 0.5) is 9.59 Å². The third-order valence-corrected chi connectivity index (χ3v) is 1.31. The summed E-state index contributed by atoms with van der Waals surface area (Å²) < 4.78 is 0. The second-order valence-corrected chi connectivity index (χ2v) is 1.97. The number of carbonyl (C=O) groups is 2. The molecular weight excluding hydrogens is 172 g/mol. The Labute approximate surface area is 69.5 Å². The van der Waals surface area contributed by atoms with Gasteiger partial charge in [0.15, 0.2) is 0 Å². The molecule has 1 aliphatic heterocycles. The molecule has 0 aromatic heterocycles. The van der Waals surface area contributed by atoms with E-state index in [1.54, 1.807) is 0 Å². The van der Waals surface area contributed by atoms with Gasteiger partial charge in [-0.1, -0.05) is 0 Å². The fourth-order valence-electron chi connectivity index (χ4n) is 0.759. The van der Waals surface area contributed by atoms with E-state index in [1.165, 1.54) is 0 Å². The fraction of sp³-hybridized carbons (Fsp3) is 0.500. The number of halogens is 1. The molecule has 1 aliphatic rings. The largest absolute Gasteiger partial charge is 0.351 e. The van der Waals surface area contributed by atoms with Crippen LogP contribution in [-0.2, 0) is 0 Å². The summed E-state index contributed by atoms with van der Waals surface area (Å²) in [5.41, 5.74) is 4.83. The van der Waals surface area contributed by atoms with Crippen molar-refractivity contribution in [2.24, 2.45) is 11.6 Å². The Morgan fingerprint density at radius 2 is 2.00 bits per heavy atom. The van der Waals surface area contributed by atoms with E-state index in [4.69, 9.17) is 11.6 Å². The van der Waals surface area contributed by atoms with Crippen molar-refractivity contribution in [1.29, 1.82) is 0 Å². The van der Waals surface area contributed by atoms with Crippen LogP contribution in [0.3, 0.4) is 0 Å². The van der Waals surface area contributed by atoms with E-state index in [1.807, 2.05) is 0 Å². The van der Waals surface area contributed by atoms with E-state index in [9.17, 15) is 9.59 Å². The number of hydrazine groups is 1. The van der Waals surface area contributed by atoms with Gasteiger partial charge in [0.05, 0.1) is 13.1 Å². The highest BCUT2D eigenvalue weighted by Crippen LogP contribution is 2.01. The Hall–Kier alpha value is -1.01. The minimum absolute atomic E-state index is 0. The predicted molar refractivity (Wildman–Crippen MR) is 39.8 cm³/mol. The first-order valence-electron chi connectivity index (χ1n) is 2.76. The molecule has 64 valence electrons. The molecule has 0 aliphatic carbocycles. The van der Waals surface area contributed by atoms with Gasteiger partial charge in [-0.15, -0.1) is 12.4 Å². The van der Waals surface area contributed by atoms with Gasteiger partial charge >= 0.3 is 12.1 Å². The molecule has 1 fully saturated rings. The van der Waals surface area contributed by atoms with Gasteiger partial charge in [-0.05, 0) is 0 Å². The Kier molecular flexibility index (Phi) is 3.09. The average molecular weight is 181 g/mol. The van der Waals surface area contributed by atoms with Gasteiger partial charge in [0.1, 0.15) is 0 Å². The van der Waals surface area contributed by atoms with E-state index in [0.717, 1.165) is 9.91 Å². The first kappa shape index (κ1) is 9.99. The molecule has 6 nitrogen and oxygen atoms in total. The van der Waals surface area contributed by atoms with Crippen molar-refractivity contribution in [1.82, 2.24) is 9.91 Å². The Morgan fingerprint density at radius 1 is 1.45 bits per heavy atom. The first-order valence-corrected chi connectivity index (χ1v) is 2.76. The number of nitrogens with two attached hydrogens (primary N) is 2. The minimum atomic E-state index is -0.752. The number of imide groups is 1. The lowest BCUT2D eigenvalue weighted by Gasteiger charge is -2.09. The van der Waals surface area contributed by atoms with Crippen molar-refractivity contribution in [2.45, 2.75) is 0 Å². The molecule has 0 unspecified atom stereocenters. The number of hydrogen-bond donors (Lipinski definition) is 2. The van der Waals surface area contributed by atoms with Gasteiger partial charge in [-0.25, -0.2) is 20.3 Å². The van der Waals surface area contributed by atoms with Crippen molar-refractivity contribution in [3.05, 3.63) is 0 Å². The number of amides is 4. The Morgan fingerprint density at radius 3 is 2.18 bits per heavy atom. The van der Waals surface area contributed by atoms with E-state index >= 15 is 0 Å². The van der Waals surface area contributed by atoms with Gasteiger partial charge in [0.25, 0.3) is 0 Å². The van der Waals surface area contributed by atoms with E-state index < -0.39 is 12.1 Å². The standard InChI is InChI=1S/C4H8N4O2.ClH/c5-3(9)7-1-2-8(6)4(7)10;/h1-2,6H2,(H2,5,9);1H. The summed E-state index contributed by atoms with van der Waals surface area (Å²) in [6, 6.07) is -1.29. The van der Waals surface area contributed by atoms with Crippen LogP contribution in [0.15, 0.2) is 0 Å². The molecule has 0 spiro atoms. The SMILES string of the molecule is Cl.NC(=O)N1CCN(N)C1=O. The molecule has 1 heterocycles. The van der Waals surface area contributed by atoms with Crippen LogP contribution in [0.1, 0.15) is 0 Å². The lowest BCUT2D eigenvalue weighted by Crippen LogP contribution is -2.41. The molecule has 1 rings (SSSR count). The maximum absolute atomic E-state index is 10.8. The van der Waals surface area contributed by atoms with Gasteiger partial charge in [-0.3, -0.25) is 5.01 Å². The summed E-state index contributed by atoms with van der Waals surface area (Å²) in [6.45, 7) is 0.631. The zero-order valence-electron chi connectivity index (χ0n) is 5.69. The highest BCUT2D eigenvalue weighted by molar-refractivity contribution is 5.93. The summed E-state index contributed by atoms with van der Waals surface area (Å²) in [4.78, 5) is 22.1. The number of primary amides is 1. The normalized spacial score (nSPS) is 16.6. The zero-order chi connectivity index (χ0) is 7.72. The third kappa shape index (κ3) is 1.72. The lowest BCUT2D eigenvalue weighted by molar-refractivity contribution is 0.189. The highest BCUT2D eigenvalue weighted by Gasteiger charge is 2.29. The third-order valence-electron chi connectivity index (χ3n) is 1.31. The van der Waals surface area contributed by atoms with Crippen molar-refractivity contribution in [3.8, 4) is 0 Å². The molecule has 0 saturated carbocycles. The summed E-state index contributed by atoms with van der Waals surface area (Å²) in [7, 11) is 0. The second-order valence-electron chi connectivity index (χ2n) is 1.97. The lowest BCUT2D eigenvalue weighted by atomic mass is 10.6. The molecule has 4 amide bonds. The average Bonchev–Trinajstić information content (AvgIpc) is 2.14. The van der Waals surface area contributed by atoms with Gasteiger partial charge < -0.3 is 5.73 Å². The smallest absolute Gasteiger partial charge is 0.342 e. The molecule has 0 aromatic rings. The van der Waals surface area contributed by atoms with Gasteiger partial charge in [0.2, 0.25) is 0 Å². The van der Waals surface area contributed by atoms with Crippen LogP contribution < -0.4 is 11.6 Å². The summed E-state index contributed by atoms with van der Waals surface area (Å²) >= 11 is 0. The molecule has 11 heavy (non-hydrogen) atoms. The summed E-state index contributed by atoms with van der Waals surface area (Å²) in [5.74, 6) is 5.14. The Bertz CT molecular complexity index is 185.